The summed E-state index contributed by atoms with van der Waals surface area (Å²) in [7, 11) is 1.24. The highest BCUT2D eigenvalue weighted by atomic mass is 35.5. The van der Waals surface area contributed by atoms with E-state index in [-0.39, 0.29) is 23.2 Å². The van der Waals surface area contributed by atoms with Crippen LogP contribution in [0.1, 0.15) is 20.7 Å². The van der Waals surface area contributed by atoms with Crippen molar-refractivity contribution in [1.82, 2.24) is 0 Å². The smallest absolute Gasteiger partial charge is 0.283 e. The van der Waals surface area contributed by atoms with Gasteiger partial charge in [0.05, 0.1) is 29.2 Å². The van der Waals surface area contributed by atoms with Crippen LogP contribution in [0, 0.1) is 10.1 Å². The van der Waals surface area contributed by atoms with Crippen molar-refractivity contribution in [2.24, 2.45) is 0 Å². The molecule has 0 fully saturated rings. The van der Waals surface area contributed by atoms with E-state index in [0.717, 1.165) is 12.1 Å². The van der Waals surface area contributed by atoms with Gasteiger partial charge in [-0.15, -0.1) is 0 Å². The van der Waals surface area contributed by atoms with Crippen LogP contribution in [0.3, 0.4) is 0 Å². The fraction of sp³-hybridized carbons (Fsp3) is 0.111. The van der Waals surface area contributed by atoms with Crippen LogP contribution in [-0.2, 0) is 0 Å². The molecule has 0 aliphatic heterocycles. The summed E-state index contributed by atoms with van der Waals surface area (Å²) < 4.78 is 4.77. The second-order valence-corrected chi connectivity index (χ2v) is 3.10. The quantitative estimate of drug-likeness (QED) is 0.348. The minimum Gasteiger partial charge on any atom is -0.496 e. The number of carbonyl (C=O) groups is 2. The monoisotopic (exact) mass is 243 g/mol. The number of benzene rings is 1. The van der Waals surface area contributed by atoms with Crippen molar-refractivity contribution >= 4 is 28.8 Å². The molecule has 0 radical (unpaired) electrons. The Morgan fingerprint density at radius 1 is 1.56 bits per heavy atom. The Bertz CT molecular complexity index is 471. The number of rotatable bonds is 4. The van der Waals surface area contributed by atoms with Gasteiger partial charge in [0.2, 0.25) is 0 Å². The SMILES string of the molecule is COc1cc([N+](=O)[O-])c(C=O)cc1C(=O)Cl. The Balaban J connectivity index is 3.52. The van der Waals surface area contributed by atoms with Crippen LogP contribution in [0.15, 0.2) is 12.1 Å². The Morgan fingerprint density at radius 3 is 2.56 bits per heavy atom. The number of aldehydes is 1. The second-order valence-electron chi connectivity index (χ2n) is 2.76. The van der Waals surface area contributed by atoms with Crippen molar-refractivity contribution in [2.45, 2.75) is 0 Å². The van der Waals surface area contributed by atoms with Crippen LogP contribution in [-0.4, -0.2) is 23.6 Å². The summed E-state index contributed by atoms with van der Waals surface area (Å²) in [6.07, 6.45) is 0.279. The molecular formula is C9H6ClNO5. The lowest BCUT2D eigenvalue weighted by atomic mass is 10.1. The number of nitro groups is 1. The highest BCUT2D eigenvalue weighted by Gasteiger charge is 2.20. The number of halogens is 1. The van der Waals surface area contributed by atoms with Crippen LogP contribution in [0.25, 0.3) is 0 Å². The summed E-state index contributed by atoms with van der Waals surface area (Å²) in [4.78, 5) is 31.4. The van der Waals surface area contributed by atoms with Gasteiger partial charge < -0.3 is 4.74 Å². The van der Waals surface area contributed by atoms with Gasteiger partial charge in [-0.2, -0.15) is 0 Å². The average Bonchev–Trinajstić information content (AvgIpc) is 2.26. The maximum atomic E-state index is 11.0. The van der Waals surface area contributed by atoms with Gasteiger partial charge in [-0.05, 0) is 17.7 Å². The molecule has 1 rings (SSSR count). The van der Waals surface area contributed by atoms with E-state index in [4.69, 9.17) is 16.3 Å². The first-order chi connectivity index (χ1) is 7.51. The third-order valence-corrected chi connectivity index (χ3v) is 2.09. The van der Waals surface area contributed by atoms with E-state index in [2.05, 4.69) is 0 Å². The summed E-state index contributed by atoms with van der Waals surface area (Å²) in [6, 6.07) is 2.01. The molecule has 1 aromatic rings. The van der Waals surface area contributed by atoms with E-state index >= 15 is 0 Å². The molecule has 0 N–H and O–H groups in total. The minimum absolute atomic E-state index is 0.0442. The maximum Gasteiger partial charge on any atom is 0.283 e. The topological polar surface area (TPSA) is 86.5 Å². The standard InChI is InChI=1S/C9H6ClNO5/c1-16-8-3-7(11(14)15)5(4-12)2-6(8)9(10)13/h2-4H,1H3. The molecule has 0 amide bonds. The average molecular weight is 244 g/mol. The van der Waals surface area contributed by atoms with Gasteiger partial charge >= 0.3 is 0 Å². The molecule has 0 aromatic heterocycles. The summed E-state index contributed by atoms with van der Waals surface area (Å²) >= 11 is 5.24. The van der Waals surface area contributed by atoms with Crippen LogP contribution < -0.4 is 4.74 Å². The van der Waals surface area contributed by atoms with E-state index in [1.165, 1.54) is 7.11 Å². The van der Waals surface area contributed by atoms with Gasteiger partial charge in [-0.3, -0.25) is 19.7 Å². The summed E-state index contributed by atoms with van der Waals surface area (Å²) in [5, 5.41) is 9.75. The Morgan fingerprint density at radius 2 is 2.19 bits per heavy atom. The van der Waals surface area contributed by atoms with E-state index in [9.17, 15) is 19.7 Å². The zero-order chi connectivity index (χ0) is 12.3. The molecule has 0 aliphatic rings. The van der Waals surface area contributed by atoms with E-state index in [1.54, 1.807) is 0 Å². The number of carbonyl (C=O) groups excluding carboxylic acids is 2. The number of hydrogen-bond donors (Lipinski definition) is 0. The van der Waals surface area contributed by atoms with Crippen LogP contribution in [0.5, 0.6) is 5.75 Å². The van der Waals surface area contributed by atoms with Crippen molar-refractivity contribution in [3.63, 3.8) is 0 Å². The molecule has 0 bridgehead atoms. The van der Waals surface area contributed by atoms with Gasteiger partial charge in [0.25, 0.3) is 10.9 Å². The number of hydrogen-bond acceptors (Lipinski definition) is 5. The van der Waals surface area contributed by atoms with Gasteiger partial charge in [0.15, 0.2) is 6.29 Å². The fourth-order valence-electron chi connectivity index (χ4n) is 1.16. The lowest BCUT2D eigenvalue weighted by Crippen LogP contribution is -2.01. The van der Waals surface area contributed by atoms with Gasteiger partial charge in [-0.1, -0.05) is 0 Å². The third-order valence-electron chi connectivity index (χ3n) is 1.88. The highest BCUT2D eigenvalue weighted by Crippen LogP contribution is 2.29. The molecule has 0 aliphatic carbocycles. The van der Waals surface area contributed by atoms with E-state index in [0.29, 0.717) is 0 Å². The summed E-state index contributed by atoms with van der Waals surface area (Å²) in [5.74, 6) is -0.0442. The fourth-order valence-corrected chi connectivity index (χ4v) is 1.31. The minimum atomic E-state index is -0.852. The lowest BCUT2D eigenvalue weighted by molar-refractivity contribution is -0.385. The molecule has 1 aromatic carbocycles. The first kappa shape index (κ1) is 12.1. The van der Waals surface area contributed by atoms with Crippen LogP contribution >= 0.6 is 11.6 Å². The number of nitro benzene ring substituents is 1. The van der Waals surface area contributed by atoms with E-state index < -0.39 is 15.9 Å². The predicted octanol–water partition coefficient (Wildman–Crippen LogP) is 1.79. The Kier molecular flexibility index (Phi) is 3.57. The van der Waals surface area contributed by atoms with Gasteiger partial charge in [-0.25, -0.2) is 0 Å². The highest BCUT2D eigenvalue weighted by molar-refractivity contribution is 6.68. The lowest BCUT2D eigenvalue weighted by Gasteiger charge is -2.05. The number of ether oxygens (including phenoxy) is 1. The van der Waals surface area contributed by atoms with Crippen LogP contribution in [0.2, 0.25) is 0 Å². The molecule has 0 saturated carbocycles. The number of nitrogens with zero attached hydrogens (tertiary/aromatic N) is 1. The zero-order valence-corrected chi connectivity index (χ0v) is 8.85. The first-order valence-corrected chi connectivity index (χ1v) is 4.40. The normalized spacial score (nSPS) is 9.62. The van der Waals surface area contributed by atoms with Gasteiger partial charge in [0, 0.05) is 0 Å². The van der Waals surface area contributed by atoms with Crippen molar-refractivity contribution in [2.75, 3.05) is 7.11 Å². The van der Waals surface area contributed by atoms with Crippen molar-refractivity contribution in [3.8, 4) is 5.75 Å². The molecule has 0 saturated heterocycles. The largest absolute Gasteiger partial charge is 0.496 e. The van der Waals surface area contributed by atoms with Crippen molar-refractivity contribution < 1.29 is 19.2 Å². The second kappa shape index (κ2) is 4.71. The zero-order valence-electron chi connectivity index (χ0n) is 8.10. The summed E-state index contributed by atoms with van der Waals surface area (Å²) in [6.45, 7) is 0. The molecule has 6 nitrogen and oxygen atoms in total. The first-order valence-electron chi connectivity index (χ1n) is 4.02. The molecular weight excluding hydrogens is 238 g/mol. The molecule has 0 spiro atoms. The van der Waals surface area contributed by atoms with Crippen LogP contribution in [0.4, 0.5) is 5.69 Å². The van der Waals surface area contributed by atoms with Crippen molar-refractivity contribution in [1.29, 1.82) is 0 Å². The molecule has 0 unspecified atom stereocenters. The Hall–Kier alpha value is -1.95. The predicted molar refractivity (Wildman–Crippen MR) is 55.2 cm³/mol. The number of methoxy groups -OCH3 is 1. The van der Waals surface area contributed by atoms with Gasteiger partial charge in [0.1, 0.15) is 5.75 Å². The molecule has 7 heteroatoms. The molecule has 16 heavy (non-hydrogen) atoms. The molecule has 0 atom stereocenters. The summed E-state index contributed by atoms with van der Waals surface area (Å²) in [5.41, 5.74) is -0.750. The Labute approximate surface area is 94.9 Å². The third kappa shape index (κ3) is 2.17. The molecule has 84 valence electrons. The van der Waals surface area contributed by atoms with Crippen molar-refractivity contribution in [3.05, 3.63) is 33.4 Å². The maximum absolute atomic E-state index is 11.0. The van der Waals surface area contributed by atoms with E-state index in [1.807, 2.05) is 0 Å². The molecule has 0 heterocycles.